The normalized spacial score (nSPS) is 18.2. The number of nitrogens with one attached hydrogen (secondary N) is 1. The van der Waals surface area contributed by atoms with E-state index < -0.39 is 10.0 Å². The van der Waals surface area contributed by atoms with Crippen molar-refractivity contribution in [3.05, 3.63) is 17.5 Å². The maximum absolute atomic E-state index is 12.0. The Kier molecular flexibility index (Phi) is 5.40. The average Bonchev–Trinajstić information content (AvgIpc) is 2.77. The largest absolute Gasteiger partial charge is 0.310 e. The van der Waals surface area contributed by atoms with Gasteiger partial charge in [-0.15, -0.1) is 0 Å². The summed E-state index contributed by atoms with van der Waals surface area (Å²) in [6, 6.07) is 0.387. The fourth-order valence-corrected chi connectivity index (χ4v) is 4.24. The Hall–Kier alpha value is -0.920. The van der Waals surface area contributed by atoms with Crippen molar-refractivity contribution in [2.75, 3.05) is 18.8 Å². The molecule has 0 aromatic carbocycles. The first-order valence-corrected chi connectivity index (χ1v) is 9.23. The second kappa shape index (κ2) is 6.89. The van der Waals surface area contributed by atoms with E-state index in [-0.39, 0.29) is 5.75 Å². The van der Waals surface area contributed by atoms with Gasteiger partial charge >= 0.3 is 0 Å². The first-order chi connectivity index (χ1) is 9.94. The molecule has 1 saturated heterocycles. The lowest BCUT2D eigenvalue weighted by atomic mass is 10.1. The number of rotatable bonds is 6. The molecule has 0 spiro atoms. The fraction of sp³-hybridized carbons (Fsp3) is 0.786. The zero-order valence-electron chi connectivity index (χ0n) is 13.2. The smallest absolute Gasteiger partial charge is 0.214 e. The van der Waals surface area contributed by atoms with Crippen LogP contribution in [0.3, 0.4) is 0 Å². The van der Waals surface area contributed by atoms with Crippen LogP contribution >= 0.6 is 0 Å². The topological polar surface area (TPSA) is 67.2 Å². The molecule has 0 aliphatic carbocycles. The van der Waals surface area contributed by atoms with Crippen LogP contribution in [0.2, 0.25) is 0 Å². The van der Waals surface area contributed by atoms with Crippen molar-refractivity contribution in [3.8, 4) is 0 Å². The highest BCUT2D eigenvalue weighted by molar-refractivity contribution is 7.89. The van der Waals surface area contributed by atoms with Gasteiger partial charge in [0.2, 0.25) is 10.0 Å². The zero-order chi connectivity index (χ0) is 15.5. The molecule has 0 radical (unpaired) electrons. The summed E-state index contributed by atoms with van der Waals surface area (Å²) in [6.45, 7) is 6.02. The van der Waals surface area contributed by atoms with E-state index in [4.69, 9.17) is 0 Å². The van der Waals surface area contributed by atoms with Gasteiger partial charge in [-0.2, -0.15) is 5.10 Å². The molecule has 2 heterocycles. The molecule has 21 heavy (non-hydrogen) atoms. The van der Waals surface area contributed by atoms with Gasteiger partial charge in [-0.05, 0) is 26.2 Å². The quantitative estimate of drug-likeness (QED) is 0.851. The van der Waals surface area contributed by atoms with Crippen molar-refractivity contribution >= 4 is 10.0 Å². The standard InChI is InChI=1S/C14H26N4O2S/c1-4-9-21(19,20)18-7-5-14(6-8-18)15-10-13-11-16-17(3)12(13)2/h11,14-15H,4-10H2,1-3H3. The predicted molar refractivity (Wildman–Crippen MR) is 83.5 cm³/mol. The Morgan fingerprint density at radius 1 is 1.38 bits per heavy atom. The van der Waals surface area contributed by atoms with Crippen LogP contribution in [0.15, 0.2) is 6.20 Å². The van der Waals surface area contributed by atoms with Gasteiger partial charge in [-0.3, -0.25) is 4.68 Å². The summed E-state index contributed by atoms with van der Waals surface area (Å²) in [5.74, 6) is 0.264. The van der Waals surface area contributed by atoms with Gasteiger partial charge in [0.25, 0.3) is 0 Å². The SMILES string of the molecule is CCCS(=O)(=O)N1CCC(NCc2cnn(C)c2C)CC1. The Morgan fingerprint density at radius 2 is 2.05 bits per heavy atom. The molecule has 1 aromatic rings. The maximum Gasteiger partial charge on any atom is 0.214 e. The van der Waals surface area contributed by atoms with Gasteiger partial charge in [-0.25, -0.2) is 12.7 Å². The van der Waals surface area contributed by atoms with Crippen LogP contribution in [0.5, 0.6) is 0 Å². The highest BCUT2D eigenvalue weighted by atomic mass is 32.2. The van der Waals surface area contributed by atoms with Crippen LogP contribution in [-0.4, -0.2) is 47.4 Å². The molecule has 6 nitrogen and oxygen atoms in total. The van der Waals surface area contributed by atoms with E-state index in [1.54, 1.807) is 4.31 Å². The molecule has 0 saturated carbocycles. The highest BCUT2D eigenvalue weighted by Gasteiger charge is 2.27. The number of sulfonamides is 1. The molecule has 7 heteroatoms. The molecule has 0 amide bonds. The Morgan fingerprint density at radius 3 is 2.57 bits per heavy atom. The van der Waals surface area contributed by atoms with E-state index in [1.807, 2.05) is 24.9 Å². The van der Waals surface area contributed by atoms with Gasteiger partial charge in [0, 0.05) is 44.0 Å². The molecule has 1 aromatic heterocycles. The number of hydrogen-bond donors (Lipinski definition) is 1. The number of hydrogen-bond acceptors (Lipinski definition) is 4. The van der Waals surface area contributed by atoms with E-state index in [2.05, 4.69) is 17.3 Å². The molecule has 0 bridgehead atoms. The van der Waals surface area contributed by atoms with Crippen LogP contribution < -0.4 is 5.32 Å². The monoisotopic (exact) mass is 314 g/mol. The van der Waals surface area contributed by atoms with Gasteiger partial charge in [0.15, 0.2) is 0 Å². The Balaban J connectivity index is 1.81. The molecule has 1 aliphatic rings. The summed E-state index contributed by atoms with van der Waals surface area (Å²) in [6.07, 6.45) is 4.33. The Labute approximate surface area is 127 Å². The highest BCUT2D eigenvalue weighted by Crippen LogP contribution is 2.16. The van der Waals surface area contributed by atoms with Crippen molar-refractivity contribution in [2.24, 2.45) is 7.05 Å². The number of aryl methyl sites for hydroxylation is 1. The van der Waals surface area contributed by atoms with Crippen LogP contribution in [0.4, 0.5) is 0 Å². The second-order valence-electron chi connectivity index (χ2n) is 5.75. The summed E-state index contributed by atoms with van der Waals surface area (Å²) in [4.78, 5) is 0. The minimum Gasteiger partial charge on any atom is -0.310 e. The Bertz CT molecular complexity index is 560. The third-order valence-corrected chi connectivity index (χ3v) is 6.30. The average molecular weight is 314 g/mol. The minimum atomic E-state index is -3.04. The maximum atomic E-state index is 12.0. The van der Waals surface area contributed by atoms with E-state index in [0.717, 1.165) is 19.4 Å². The molecule has 120 valence electrons. The molecular formula is C14H26N4O2S. The van der Waals surface area contributed by atoms with E-state index in [9.17, 15) is 8.42 Å². The van der Waals surface area contributed by atoms with Gasteiger partial charge in [0.1, 0.15) is 0 Å². The summed E-state index contributed by atoms with van der Waals surface area (Å²) in [5.41, 5.74) is 2.38. The lowest BCUT2D eigenvalue weighted by molar-refractivity contribution is 0.288. The minimum absolute atomic E-state index is 0.264. The molecule has 0 unspecified atom stereocenters. The number of aromatic nitrogens is 2. The van der Waals surface area contributed by atoms with Crippen molar-refractivity contribution in [1.82, 2.24) is 19.4 Å². The lowest BCUT2D eigenvalue weighted by Gasteiger charge is -2.31. The van der Waals surface area contributed by atoms with Crippen LogP contribution in [-0.2, 0) is 23.6 Å². The van der Waals surface area contributed by atoms with Crippen molar-refractivity contribution in [2.45, 2.75) is 45.7 Å². The van der Waals surface area contributed by atoms with Crippen molar-refractivity contribution in [3.63, 3.8) is 0 Å². The van der Waals surface area contributed by atoms with E-state index >= 15 is 0 Å². The van der Waals surface area contributed by atoms with Gasteiger partial charge < -0.3 is 5.32 Å². The van der Waals surface area contributed by atoms with E-state index in [0.29, 0.717) is 25.6 Å². The number of nitrogens with zero attached hydrogens (tertiary/aromatic N) is 3. The first kappa shape index (κ1) is 16.5. The molecule has 1 N–H and O–H groups in total. The third kappa shape index (κ3) is 4.05. The van der Waals surface area contributed by atoms with E-state index in [1.165, 1.54) is 11.3 Å². The molecule has 1 aliphatic heterocycles. The summed E-state index contributed by atoms with van der Waals surface area (Å²) < 4.78 is 27.5. The summed E-state index contributed by atoms with van der Waals surface area (Å²) >= 11 is 0. The third-order valence-electron chi connectivity index (χ3n) is 4.23. The molecule has 0 atom stereocenters. The van der Waals surface area contributed by atoms with Crippen LogP contribution in [0.1, 0.15) is 37.4 Å². The molecule has 2 rings (SSSR count). The number of piperidine rings is 1. The van der Waals surface area contributed by atoms with Gasteiger partial charge in [-0.1, -0.05) is 6.92 Å². The van der Waals surface area contributed by atoms with Gasteiger partial charge in [0.05, 0.1) is 11.9 Å². The molecule has 1 fully saturated rings. The van der Waals surface area contributed by atoms with Crippen LogP contribution in [0, 0.1) is 6.92 Å². The summed E-state index contributed by atoms with van der Waals surface area (Å²) in [7, 11) is -1.09. The summed E-state index contributed by atoms with van der Waals surface area (Å²) in [5, 5.41) is 7.76. The zero-order valence-corrected chi connectivity index (χ0v) is 14.0. The van der Waals surface area contributed by atoms with Crippen molar-refractivity contribution in [1.29, 1.82) is 0 Å². The van der Waals surface area contributed by atoms with Crippen LogP contribution in [0.25, 0.3) is 0 Å². The predicted octanol–water partition coefficient (Wildman–Crippen LogP) is 1.02. The molecular weight excluding hydrogens is 288 g/mol. The fourth-order valence-electron chi connectivity index (χ4n) is 2.70. The second-order valence-corrected chi connectivity index (χ2v) is 7.84. The first-order valence-electron chi connectivity index (χ1n) is 7.62. The lowest BCUT2D eigenvalue weighted by Crippen LogP contribution is -2.45. The van der Waals surface area contributed by atoms with Crippen molar-refractivity contribution < 1.29 is 8.42 Å².